The van der Waals surface area contributed by atoms with E-state index in [0.29, 0.717) is 13.0 Å². The van der Waals surface area contributed by atoms with E-state index in [1.54, 1.807) is 0 Å². The fourth-order valence-corrected chi connectivity index (χ4v) is 2.11. The zero-order valence-corrected chi connectivity index (χ0v) is 14.2. The van der Waals surface area contributed by atoms with Crippen LogP contribution in [0.3, 0.4) is 0 Å². The van der Waals surface area contributed by atoms with Crippen molar-refractivity contribution in [2.75, 3.05) is 13.2 Å². The van der Waals surface area contributed by atoms with E-state index in [0.717, 1.165) is 9.79 Å². The normalized spacial score (nSPS) is 9.90. The lowest BCUT2D eigenvalue weighted by atomic mass is 10.2. The van der Waals surface area contributed by atoms with Crippen LogP contribution in [0.4, 0.5) is 0 Å². The molecule has 2 nitrogen and oxygen atoms in total. The predicted octanol–water partition coefficient (Wildman–Crippen LogP) is 4.68. The number of aliphatic hydroxyl groups is 1. The lowest BCUT2D eigenvalue weighted by Gasteiger charge is -2.01. The number of hydrogen-bond acceptors (Lipinski definition) is 4. The maximum absolute atomic E-state index is 8.51. The number of benzene rings is 2. The van der Waals surface area contributed by atoms with Crippen LogP contribution in [-0.2, 0) is 4.18 Å². The number of hydrogen-bond donors (Lipinski definition) is 2. The van der Waals surface area contributed by atoms with E-state index in [1.807, 2.05) is 36.4 Å². The molecule has 0 saturated heterocycles. The molecular weight excluding hydrogens is 300 g/mol. The summed E-state index contributed by atoms with van der Waals surface area (Å²) in [4.78, 5) is 2.12. The molecule has 0 aliphatic carbocycles. The van der Waals surface area contributed by atoms with Gasteiger partial charge in [-0.15, -0.1) is 12.6 Å². The third-order valence-corrected chi connectivity index (χ3v) is 3.64. The van der Waals surface area contributed by atoms with Crippen LogP contribution < -0.4 is 0 Å². The molecule has 0 aliphatic heterocycles. The fraction of sp³-hybridized carbons (Fsp3) is 0.294. The number of rotatable bonds is 5. The first-order chi connectivity index (χ1) is 10.1. The molecule has 0 unspecified atom stereocenters. The molecule has 2 aromatic carbocycles. The predicted molar refractivity (Wildman–Crippen MR) is 93.1 cm³/mol. The topological polar surface area (TPSA) is 29.5 Å². The summed E-state index contributed by atoms with van der Waals surface area (Å²) in [6, 6.07) is 16.2. The highest BCUT2D eigenvalue weighted by atomic mass is 32.2. The lowest BCUT2D eigenvalue weighted by molar-refractivity contribution is 0.249. The van der Waals surface area contributed by atoms with Crippen molar-refractivity contribution in [3.8, 4) is 0 Å². The van der Waals surface area contributed by atoms with Gasteiger partial charge in [-0.25, -0.2) is 0 Å². The largest absolute Gasteiger partial charge is 0.396 e. The zero-order chi connectivity index (χ0) is 15.5. The van der Waals surface area contributed by atoms with E-state index in [4.69, 9.17) is 9.29 Å². The van der Waals surface area contributed by atoms with Crippen LogP contribution in [0, 0.1) is 13.8 Å². The highest BCUT2D eigenvalue weighted by Crippen LogP contribution is 2.19. The van der Waals surface area contributed by atoms with Gasteiger partial charge in [0.2, 0.25) is 0 Å². The Bertz CT molecular complexity index is 474. The minimum absolute atomic E-state index is 0.189. The zero-order valence-electron chi connectivity index (χ0n) is 12.5. The summed E-state index contributed by atoms with van der Waals surface area (Å²) in [6.07, 6.45) is 0.693. The standard InChI is InChI=1S/C10H14O2S.C7H8S/c1-9-3-5-10(6-4-9)13-12-8-2-7-11;1-6-2-4-7(8)5-3-6/h3-6,11H,2,7-8H2,1H3;2-5,8H,1H3. The third-order valence-electron chi connectivity index (χ3n) is 2.60. The van der Waals surface area contributed by atoms with E-state index >= 15 is 0 Å². The Morgan fingerprint density at radius 2 is 1.48 bits per heavy atom. The Balaban J connectivity index is 0.000000235. The van der Waals surface area contributed by atoms with Crippen molar-refractivity contribution in [3.63, 3.8) is 0 Å². The monoisotopic (exact) mass is 322 g/mol. The van der Waals surface area contributed by atoms with Crippen molar-refractivity contribution in [1.29, 1.82) is 0 Å². The summed E-state index contributed by atoms with van der Waals surface area (Å²) in [7, 11) is 0. The van der Waals surface area contributed by atoms with E-state index in [2.05, 4.69) is 38.6 Å². The second-order valence-electron chi connectivity index (χ2n) is 4.63. The van der Waals surface area contributed by atoms with Gasteiger partial charge in [-0.05, 0) is 44.5 Å². The molecule has 0 atom stereocenters. The molecule has 0 aromatic heterocycles. The van der Waals surface area contributed by atoms with Crippen LogP contribution in [0.15, 0.2) is 58.3 Å². The van der Waals surface area contributed by atoms with Crippen molar-refractivity contribution in [2.45, 2.75) is 30.1 Å². The number of thiol groups is 1. The molecule has 21 heavy (non-hydrogen) atoms. The van der Waals surface area contributed by atoms with E-state index < -0.39 is 0 Å². The van der Waals surface area contributed by atoms with Crippen LogP contribution in [0.2, 0.25) is 0 Å². The lowest BCUT2D eigenvalue weighted by Crippen LogP contribution is -1.90. The molecule has 0 aliphatic rings. The average molecular weight is 322 g/mol. The molecular formula is C17H22O2S2. The summed E-state index contributed by atoms with van der Waals surface area (Å²) in [5, 5.41) is 8.51. The van der Waals surface area contributed by atoms with Crippen LogP contribution in [0.1, 0.15) is 17.5 Å². The molecule has 0 bridgehead atoms. The minimum atomic E-state index is 0.189. The third kappa shape index (κ3) is 8.83. The molecule has 0 spiro atoms. The van der Waals surface area contributed by atoms with Gasteiger partial charge in [0, 0.05) is 28.4 Å². The second kappa shape index (κ2) is 10.7. The van der Waals surface area contributed by atoms with Crippen molar-refractivity contribution in [3.05, 3.63) is 59.7 Å². The molecule has 2 aromatic rings. The smallest absolute Gasteiger partial charge is 0.0640 e. The SMILES string of the molecule is Cc1ccc(S)cc1.Cc1ccc(SOCCCO)cc1. The maximum atomic E-state index is 8.51. The Kier molecular flexibility index (Phi) is 9.26. The Hall–Kier alpha value is -0.940. The van der Waals surface area contributed by atoms with Gasteiger partial charge in [-0.3, -0.25) is 0 Å². The molecule has 0 radical (unpaired) electrons. The van der Waals surface area contributed by atoms with Crippen LogP contribution in [-0.4, -0.2) is 18.3 Å². The summed E-state index contributed by atoms with van der Waals surface area (Å²) in [5.74, 6) is 0. The second-order valence-corrected chi connectivity index (χ2v) is 6.02. The average Bonchev–Trinajstić information content (AvgIpc) is 2.49. The van der Waals surface area contributed by atoms with Crippen molar-refractivity contribution < 1.29 is 9.29 Å². The van der Waals surface area contributed by atoms with Crippen molar-refractivity contribution in [1.82, 2.24) is 0 Å². The molecule has 1 N–H and O–H groups in total. The summed E-state index contributed by atoms with van der Waals surface area (Å²) in [6.45, 7) is 4.90. The van der Waals surface area contributed by atoms with Crippen LogP contribution in [0.25, 0.3) is 0 Å². The highest BCUT2D eigenvalue weighted by Gasteiger charge is 1.93. The molecule has 0 saturated carbocycles. The summed E-state index contributed by atoms with van der Waals surface area (Å²) < 4.78 is 5.26. The fourth-order valence-electron chi connectivity index (χ4n) is 1.37. The quantitative estimate of drug-likeness (QED) is 0.476. The summed E-state index contributed by atoms with van der Waals surface area (Å²) in [5.41, 5.74) is 2.53. The summed E-state index contributed by atoms with van der Waals surface area (Å²) >= 11 is 5.49. The molecule has 4 heteroatoms. The minimum Gasteiger partial charge on any atom is -0.396 e. The molecule has 0 heterocycles. The Morgan fingerprint density at radius 1 is 0.952 bits per heavy atom. The van der Waals surface area contributed by atoms with Crippen molar-refractivity contribution >= 4 is 24.7 Å². The van der Waals surface area contributed by atoms with Gasteiger partial charge in [0.15, 0.2) is 0 Å². The Morgan fingerprint density at radius 3 is 1.95 bits per heavy atom. The van der Waals surface area contributed by atoms with Gasteiger partial charge in [-0.1, -0.05) is 35.4 Å². The van der Waals surface area contributed by atoms with Gasteiger partial charge < -0.3 is 9.29 Å². The van der Waals surface area contributed by atoms with Gasteiger partial charge in [0.1, 0.15) is 0 Å². The Labute approximate surface area is 137 Å². The number of aryl methyl sites for hydroxylation is 2. The molecule has 0 fully saturated rings. The number of aliphatic hydroxyl groups excluding tert-OH is 1. The van der Waals surface area contributed by atoms with E-state index in [-0.39, 0.29) is 6.61 Å². The van der Waals surface area contributed by atoms with Gasteiger partial charge in [0.05, 0.1) is 6.61 Å². The molecule has 114 valence electrons. The first-order valence-electron chi connectivity index (χ1n) is 6.84. The van der Waals surface area contributed by atoms with Gasteiger partial charge in [0.25, 0.3) is 0 Å². The van der Waals surface area contributed by atoms with Gasteiger partial charge in [-0.2, -0.15) is 0 Å². The van der Waals surface area contributed by atoms with Crippen LogP contribution in [0.5, 0.6) is 0 Å². The first-order valence-corrected chi connectivity index (χ1v) is 8.03. The first kappa shape index (κ1) is 18.1. The van der Waals surface area contributed by atoms with E-state index in [9.17, 15) is 0 Å². The van der Waals surface area contributed by atoms with Crippen LogP contribution >= 0.6 is 24.7 Å². The maximum Gasteiger partial charge on any atom is 0.0640 e. The molecule has 0 amide bonds. The van der Waals surface area contributed by atoms with E-state index in [1.165, 1.54) is 23.2 Å². The van der Waals surface area contributed by atoms with Gasteiger partial charge >= 0.3 is 0 Å². The molecule has 2 rings (SSSR count). The highest BCUT2D eigenvalue weighted by molar-refractivity contribution is 7.94. The van der Waals surface area contributed by atoms with Crippen molar-refractivity contribution in [2.24, 2.45) is 0 Å².